The van der Waals surface area contributed by atoms with Crippen LogP contribution in [0.3, 0.4) is 0 Å². The van der Waals surface area contributed by atoms with Gasteiger partial charge in [0.2, 0.25) is 0 Å². The fourth-order valence-corrected chi connectivity index (χ4v) is 2.92. The third kappa shape index (κ3) is 5.77. The maximum absolute atomic E-state index is 11.9. The molecule has 3 rings (SSSR count). The average Bonchev–Trinajstić information content (AvgIpc) is 2.81. The van der Waals surface area contributed by atoms with Gasteiger partial charge in [-0.05, 0) is 54.4 Å². The van der Waals surface area contributed by atoms with Gasteiger partial charge in [-0.2, -0.15) is 0 Å². The molecule has 152 valence electrons. The molecular weight excluding hydrogens is 376 g/mol. The first-order chi connectivity index (χ1) is 14.7. The zero-order valence-corrected chi connectivity index (χ0v) is 16.9. The minimum absolute atomic E-state index is 0.206. The minimum atomic E-state index is -0.457. The van der Waals surface area contributed by atoms with Crippen LogP contribution in [-0.4, -0.2) is 36.3 Å². The highest BCUT2D eigenvalue weighted by molar-refractivity contribution is 5.95. The van der Waals surface area contributed by atoms with Crippen molar-refractivity contribution in [3.63, 3.8) is 0 Å². The van der Waals surface area contributed by atoms with Crippen LogP contribution in [0.4, 0.5) is 0 Å². The van der Waals surface area contributed by atoms with Crippen molar-refractivity contribution < 1.29 is 14.6 Å². The number of carbonyl (C=O) groups excluding carboxylic acids is 1. The summed E-state index contributed by atoms with van der Waals surface area (Å²) in [6, 6.07) is 19.5. The average molecular weight is 400 g/mol. The summed E-state index contributed by atoms with van der Waals surface area (Å²) in [4.78, 5) is 16.1. The van der Waals surface area contributed by atoms with Gasteiger partial charge in [-0.1, -0.05) is 42.2 Å². The molecule has 30 heavy (non-hydrogen) atoms. The summed E-state index contributed by atoms with van der Waals surface area (Å²) in [7, 11) is 1.35. The lowest BCUT2D eigenvalue weighted by atomic mass is 10.0. The smallest absolute Gasteiger partial charge is 0.357 e. The van der Waals surface area contributed by atoms with E-state index in [0.29, 0.717) is 5.69 Å². The number of aromatic nitrogens is 1. The van der Waals surface area contributed by atoms with Crippen LogP contribution in [0.15, 0.2) is 66.9 Å². The highest BCUT2D eigenvalue weighted by Gasteiger charge is 2.14. The number of esters is 1. The number of hydrogen-bond donors (Lipinski definition) is 2. The summed E-state index contributed by atoms with van der Waals surface area (Å²) in [5.41, 5.74) is 4.92. The molecule has 5 nitrogen and oxygen atoms in total. The predicted molar refractivity (Wildman–Crippen MR) is 117 cm³/mol. The second kappa shape index (κ2) is 10.9. The van der Waals surface area contributed by atoms with Gasteiger partial charge < -0.3 is 15.2 Å². The molecule has 1 aromatic heterocycles. The van der Waals surface area contributed by atoms with Gasteiger partial charge in [-0.25, -0.2) is 9.78 Å². The van der Waals surface area contributed by atoms with E-state index < -0.39 is 5.97 Å². The summed E-state index contributed by atoms with van der Waals surface area (Å²) in [6.45, 7) is 1.78. The molecular formula is C25H24N2O3. The van der Waals surface area contributed by atoms with E-state index in [1.165, 1.54) is 12.7 Å². The molecule has 0 aliphatic carbocycles. The molecule has 0 bridgehead atoms. The van der Waals surface area contributed by atoms with Gasteiger partial charge in [0.15, 0.2) is 5.69 Å². The van der Waals surface area contributed by atoms with Crippen LogP contribution >= 0.6 is 0 Å². The minimum Gasteiger partial charge on any atom is -0.464 e. The lowest BCUT2D eigenvalue weighted by Gasteiger charge is -2.06. The zero-order chi connectivity index (χ0) is 21.2. The number of nitrogens with zero attached hydrogens (tertiary/aromatic N) is 1. The third-order valence-corrected chi connectivity index (χ3v) is 4.53. The number of benzene rings is 2. The highest BCUT2D eigenvalue weighted by Crippen LogP contribution is 2.23. The molecule has 0 atom stereocenters. The van der Waals surface area contributed by atoms with Crippen molar-refractivity contribution in [3.8, 4) is 23.0 Å². The molecule has 3 aromatic rings. The Labute approximate surface area is 176 Å². The maximum atomic E-state index is 11.9. The van der Waals surface area contributed by atoms with Crippen molar-refractivity contribution in [1.29, 1.82) is 0 Å². The first-order valence-electron chi connectivity index (χ1n) is 9.77. The number of pyridine rings is 1. The molecule has 0 fully saturated rings. The van der Waals surface area contributed by atoms with Gasteiger partial charge in [0.25, 0.3) is 0 Å². The molecule has 0 aliphatic heterocycles. The zero-order valence-electron chi connectivity index (χ0n) is 16.9. The molecule has 0 spiro atoms. The molecule has 0 saturated heterocycles. The quantitative estimate of drug-likeness (QED) is 0.361. The van der Waals surface area contributed by atoms with Gasteiger partial charge in [-0.15, -0.1) is 0 Å². The van der Waals surface area contributed by atoms with E-state index in [2.05, 4.69) is 34.3 Å². The van der Waals surface area contributed by atoms with Gasteiger partial charge >= 0.3 is 5.97 Å². The fourth-order valence-electron chi connectivity index (χ4n) is 2.92. The van der Waals surface area contributed by atoms with Crippen molar-refractivity contribution in [2.75, 3.05) is 20.3 Å². The second-order valence-corrected chi connectivity index (χ2v) is 6.67. The number of nitrogens with one attached hydrogen (secondary N) is 1. The van der Waals surface area contributed by atoms with Crippen molar-refractivity contribution in [3.05, 3.63) is 89.2 Å². The van der Waals surface area contributed by atoms with E-state index in [1.807, 2.05) is 42.5 Å². The van der Waals surface area contributed by atoms with Crippen LogP contribution in [-0.2, 0) is 11.3 Å². The number of rotatable bonds is 7. The van der Waals surface area contributed by atoms with Gasteiger partial charge in [0, 0.05) is 36.0 Å². The van der Waals surface area contributed by atoms with E-state index in [9.17, 15) is 4.79 Å². The number of methoxy groups -OCH3 is 1. The number of ether oxygens (including phenoxy) is 1. The Morgan fingerprint density at radius 2 is 1.70 bits per heavy atom. The number of aliphatic hydroxyl groups excluding tert-OH is 1. The predicted octanol–water partition coefficient (Wildman–Crippen LogP) is 3.41. The summed E-state index contributed by atoms with van der Waals surface area (Å²) in [5, 5.41) is 12.1. The van der Waals surface area contributed by atoms with Gasteiger partial charge in [-0.3, -0.25) is 0 Å². The van der Waals surface area contributed by atoms with Crippen LogP contribution in [0.25, 0.3) is 11.1 Å². The molecule has 1 heterocycles. The first-order valence-corrected chi connectivity index (χ1v) is 9.77. The van der Waals surface area contributed by atoms with Crippen molar-refractivity contribution >= 4 is 5.97 Å². The monoisotopic (exact) mass is 400 g/mol. The Bertz CT molecular complexity index is 1030. The molecule has 0 saturated carbocycles. The number of carbonyl (C=O) groups is 1. The van der Waals surface area contributed by atoms with E-state index in [1.54, 1.807) is 12.3 Å². The summed E-state index contributed by atoms with van der Waals surface area (Å²) < 4.78 is 4.81. The van der Waals surface area contributed by atoms with Crippen molar-refractivity contribution in [2.24, 2.45) is 0 Å². The van der Waals surface area contributed by atoms with Crippen molar-refractivity contribution in [1.82, 2.24) is 10.3 Å². The lowest BCUT2D eigenvalue weighted by Crippen LogP contribution is -2.15. The molecule has 2 aromatic carbocycles. The Kier molecular flexibility index (Phi) is 7.73. The standard InChI is InChI=1S/C25H24N2O3/c1-30-25(29)24-23(4-2-16-27-24)22-13-11-20(12-14-22)6-5-19-7-9-21(10-8-19)18-26-15-3-17-28/h2,4,7-14,16,26,28H,3,15,17-18H2,1H3. The number of aliphatic hydroxyl groups is 1. The van der Waals surface area contributed by atoms with Crippen LogP contribution in [0, 0.1) is 11.8 Å². The maximum Gasteiger partial charge on any atom is 0.357 e. The van der Waals surface area contributed by atoms with Crippen molar-refractivity contribution in [2.45, 2.75) is 13.0 Å². The molecule has 0 radical (unpaired) electrons. The molecule has 5 heteroatoms. The summed E-state index contributed by atoms with van der Waals surface area (Å²) >= 11 is 0. The number of hydrogen-bond acceptors (Lipinski definition) is 5. The largest absolute Gasteiger partial charge is 0.464 e. The van der Waals surface area contributed by atoms with E-state index in [-0.39, 0.29) is 6.61 Å². The lowest BCUT2D eigenvalue weighted by molar-refractivity contribution is 0.0595. The van der Waals surface area contributed by atoms with Crippen LogP contribution < -0.4 is 5.32 Å². The molecule has 2 N–H and O–H groups in total. The topological polar surface area (TPSA) is 71.5 Å². The summed E-state index contributed by atoms with van der Waals surface area (Å²) in [6.07, 6.45) is 2.33. The normalized spacial score (nSPS) is 10.2. The Morgan fingerprint density at radius 1 is 1.03 bits per heavy atom. The SMILES string of the molecule is COC(=O)c1ncccc1-c1ccc(C#Cc2ccc(CNCCCO)cc2)cc1. The van der Waals surface area contributed by atoms with Crippen LogP contribution in [0.5, 0.6) is 0 Å². The van der Waals surface area contributed by atoms with Gasteiger partial charge in [0.05, 0.1) is 7.11 Å². The fraction of sp³-hybridized carbons (Fsp3) is 0.200. The first kappa shape index (κ1) is 21.3. The molecule has 0 amide bonds. The van der Waals surface area contributed by atoms with E-state index >= 15 is 0 Å². The Hall–Kier alpha value is -3.46. The van der Waals surface area contributed by atoms with E-state index in [4.69, 9.17) is 9.84 Å². The molecule has 0 unspecified atom stereocenters. The second-order valence-electron chi connectivity index (χ2n) is 6.67. The third-order valence-electron chi connectivity index (χ3n) is 4.53. The van der Waals surface area contributed by atoms with E-state index in [0.717, 1.165) is 41.8 Å². The Balaban J connectivity index is 1.68. The highest BCUT2D eigenvalue weighted by atomic mass is 16.5. The van der Waals surface area contributed by atoms with Gasteiger partial charge in [0.1, 0.15) is 0 Å². The molecule has 0 aliphatic rings. The summed E-state index contributed by atoms with van der Waals surface area (Å²) in [5.74, 6) is 5.88. The Morgan fingerprint density at radius 3 is 2.33 bits per heavy atom. The van der Waals surface area contributed by atoms with Crippen LogP contribution in [0.1, 0.15) is 33.6 Å². The van der Waals surface area contributed by atoms with Crippen LogP contribution in [0.2, 0.25) is 0 Å².